The van der Waals surface area contributed by atoms with Gasteiger partial charge in [-0.05, 0) is 47.7 Å². The predicted octanol–water partition coefficient (Wildman–Crippen LogP) is 3.66. The topological polar surface area (TPSA) is 122 Å². The van der Waals surface area contributed by atoms with Crippen LogP contribution in [0.15, 0.2) is 45.4 Å². The smallest absolute Gasteiger partial charge is 0.271 e. The summed E-state index contributed by atoms with van der Waals surface area (Å²) in [5, 5.41) is 22.6. The van der Waals surface area contributed by atoms with Gasteiger partial charge in [-0.3, -0.25) is 23.9 Å². The van der Waals surface area contributed by atoms with Crippen LogP contribution in [0.25, 0.3) is 6.08 Å². The van der Waals surface area contributed by atoms with Crippen molar-refractivity contribution in [2.45, 2.75) is 13.5 Å². The number of thiocarbonyl (C=S) groups is 1. The average Bonchev–Trinajstić information content (AvgIpc) is 3.61. The molecular weight excluding hydrogens is 534 g/mol. The third kappa shape index (κ3) is 4.53. The first-order valence-electron chi connectivity index (χ1n) is 10.9. The van der Waals surface area contributed by atoms with Crippen molar-refractivity contribution in [2.24, 2.45) is 0 Å². The summed E-state index contributed by atoms with van der Waals surface area (Å²) in [5.41, 5.74) is -0.603. The van der Waals surface area contributed by atoms with Crippen molar-refractivity contribution in [3.63, 3.8) is 0 Å². The van der Waals surface area contributed by atoms with Crippen LogP contribution in [0, 0.1) is 18.3 Å². The number of carbonyl (C=O) groups is 2. The lowest BCUT2D eigenvalue weighted by atomic mass is 10.0. The van der Waals surface area contributed by atoms with Gasteiger partial charge in [0.2, 0.25) is 12.7 Å². The molecule has 2 aromatic heterocycles. The van der Waals surface area contributed by atoms with E-state index in [1.807, 2.05) is 23.6 Å². The summed E-state index contributed by atoms with van der Waals surface area (Å²) in [6.45, 7) is 0.916. The third-order valence-corrected chi connectivity index (χ3v) is 8.05. The first-order chi connectivity index (χ1) is 17.8. The van der Waals surface area contributed by atoms with Crippen LogP contribution in [0.1, 0.15) is 31.9 Å². The standard InChI is InChI=1S/C25H17N3O6S3/c1-13-16(9-26)22(30)27(10-14-4-5-18-19(7-14)34-12-33-18)24(32)21(13)17(29)11-28-23(31)20(37-25(28)35)8-15-3-2-6-36-15/h2-8,32H,10-12H2,1H3/b20-8-. The van der Waals surface area contributed by atoms with E-state index in [1.165, 1.54) is 18.3 Å². The van der Waals surface area contributed by atoms with E-state index in [0.29, 0.717) is 22.0 Å². The first-order valence-corrected chi connectivity index (χ1v) is 13.0. The fourth-order valence-electron chi connectivity index (χ4n) is 4.01. The van der Waals surface area contributed by atoms with Gasteiger partial charge >= 0.3 is 0 Å². The molecule has 2 aliphatic rings. The Labute approximate surface area is 224 Å². The molecule has 1 amide bonds. The van der Waals surface area contributed by atoms with Gasteiger partial charge in [-0.25, -0.2) is 0 Å². The zero-order valence-corrected chi connectivity index (χ0v) is 21.7. The molecule has 37 heavy (non-hydrogen) atoms. The van der Waals surface area contributed by atoms with E-state index in [-0.39, 0.29) is 34.3 Å². The number of thioether (sulfide) groups is 1. The van der Waals surface area contributed by atoms with E-state index in [1.54, 1.807) is 24.3 Å². The molecule has 1 aromatic carbocycles. The highest BCUT2D eigenvalue weighted by Crippen LogP contribution is 2.35. The number of fused-ring (bicyclic) bond motifs is 1. The molecule has 0 aliphatic carbocycles. The quantitative estimate of drug-likeness (QED) is 0.278. The number of ketones is 1. The third-order valence-electron chi connectivity index (χ3n) is 5.85. The Balaban J connectivity index is 1.47. The molecule has 1 fully saturated rings. The molecule has 9 nitrogen and oxygen atoms in total. The number of rotatable bonds is 6. The molecule has 2 aliphatic heterocycles. The number of benzene rings is 1. The van der Waals surface area contributed by atoms with E-state index in [4.69, 9.17) is 21.7 Å². The molecule has 186 valence electrons. The van der Waals surface area contributed by atoms with Crippen LogP contribution >= 0.6 is 35.3 Å². The lowest BCUT2D eigenvalue weighted by Gasteiger charge is -2.18. The zero-order valence-electron chi connectivity index (χ0n) is 19.2. The predicted molar refractivity (Wildman–Crippen MR) is 142 cm³/mol. The van der Waals surface area contributed by atoms with Gasteiger partial charge in [0, 0.05) is 4.88 Å². The van der Waals surface area contributed by atoms with E-state index in [2.05, 4.69) is 0 Å². The molecule has 0 bridgehead atoms. The molecule has 1 N–H and O–H groups in total. The Bertz CT molecular complexity index is 1600. The van der Waals surface area contributed by atoms with E-state index in [0.717, 1.165) is 26.1 Å². The van der Waals surface area contributed by atoms with Crippen LogP contribution in [-0.4, -0.2) is 43.9 Å². The average molecular weight is 552 g/mol. The van der Waals surface area contributed by atoms with Gasteiger partial charge in [0.05, 0.1) is 23.6 Å². The summed E-state index contributed by atoms with van der Waals surface area (Å²) in [6, 6.07) is 10.6. The van der Waals surface area contributed by atoms with E-state index in [9.17, 15) is 24.8 Å². The highest BCUT2D eigenvalue weighted by molar-refractivity contribution is 8.26. The summed E-state index contributed by atoms with van der Waals surface area (Å²) in [7, 11) is 0. The molecule has 0 spiro atoms. The number of Topliss-reactive ketones (excluding diaryl/α,β-unsaturated/α-hetero) is 1. The molecule has 0 unspecified atom stereocenters. The minimum Gasteiger partial charge on any atom is -0.494 e. The van der Waals surface area contributed by atoms with Crippen molar-refractivity contribution < 1.29 is 24.2 Å². The van der Waals surface area contributed by atoms with Crippen LogP contribution in [0.2, 0.25) is 0 Å². The number of ether oxygens (including phenoxy) is 2. The van der Waals surface area contributed by atoms with Crippen LogP contribution in [0.5, 0.6) is 17.4 Å². The lowest BCUT2D eigenvalue weighted by molar-refractivity contribution is -0.121. The minimum atomic E-state index is -0.740. The van der Waals surface area contributed by atoms with Crippen LogP contribution < -0.4 is 15.0 Å². The number of carbonyl (C=O) groups excluding carboxylic acids is 2. The minimum absolute atomic E-state index is 0.0384. The fourth-order valence-corrected chi connectivity index (χ4v) is 5.99. The second kappa shape index (κ2) is 9.85. The largest absolute Gasteiger partial charge is 0.494 e. The van der Waals surface area contributed by atoms with Gasteiger partial charge in [-0.1, -0.05) is 36.1 Å². The summed E-state index contributed by atoms with van der Waals surface area (Å²) in [5.74, 6) is -0.639. The van der Waals surface area contributed by atoms with Gasteiger partial charge < -0.3 is 14.6 Å². The SMILES string of the molecule is Cc1c(C(=O)CN2C(=O)/C(=C/c3cccs3)SC2=S)c(O)n(Cc2ccc3c(c2)OCO3)c(=O)c1C#N. The van der Waals surface area contributed by atoms with Gasteiger partial charge in [0.25, 0.3) is 11.5 Å². The molecule has 5 rings (SSSR count). The zero-order chi connectivity index (χ0) is 26.3. The Morgan fingerprint density at radius 2 is 2.05 bits per heavy atom. The molecule has 0 atom stereocenters. The van der Waals surface area contributed by atoms with Crippen molar-refractivity contribution in [1.82, 2.24) is 9.47 Å². The summed E-state index contributed by atoms with van der Waals surface area (Å²) >= 11 is 7.87. The normalized spacial score (nSPS) is 15.5. The molecule has 1 saturated heterocycles. The number of hydrogen-bond donors (Lipinski definition) is 1. The van der Waals surface area contributed by atoms with Gasteiger partial charge in [-0.15, -0.1) is 11.3 Å². The van der Waals surface area contributed by atoms with Crippen molar-refractivity contribution in [3.8, 4) is 23.4 Å². The van der Waals surface area contributed by atoms with Crippen molar-refractivity contribution in [1.29, 1.82) is 5.26 Å². The van der Waals surface area contributed by atoms with Crippen molar-refractivity contribution in [3.05, 3.63) is 78.1 Å². The van der Waals surface area contributed by atoms with Crippen molar-refractivity contribution >= 4 is 57.4 Å². The second-order valence-electron chi connectivity index (χ2n) is 8.10. The summed E-state index contributed by atoms with van der Waals surface area (Å²) in [6.07, 6.45) is 1.70. The van der Waals surface area contributed by atoms with Gasteiger partial charge in [-0.2, -0.15) is 5.26 Å². The maximum Gasteiger partial charge on any atom is 0.271 e. The van der Waals surface area contributed by atoms with Gasteiger partial charge in [0.15, 0.2) is 17.3 Å². The number of nitriles is 1. The number of amides is 1. The van der Waals surface area contributed by atoms with Crippen LogP contribution in [0.3, 0.4) is 0 Å². The number of aromatic hydroxyl groups is 1. The summed E-state index contributed by atoms with van der Waals surface area (Å²) in [4.78, 5) is 41.8. The Kier molecular flexibility index (Phi) is 6.59. The first kappa shape index (κ1) is 24.8. The van der Waals surface area contributed by atoms with Crippen LogP contribution in [-0.2, 0) is 11.3 Å². The number of nitrogens with zero attached hydrogens (tertiary/aromatic N) is 3. The Hall–Kier alpha value is -3.92. The van der Waals surface area contributed by atoms with Crippen molar-refractivity contribution in [2.75, 3.05) is 13.3 Å². The molecule has 0 radical (unpaired) electrons. The molecule has 12 heteroatoms. The number of hydrogen-bond acceptors (Lipinski definition) is 10. The number of aromatic nitrogens is 1. The van der Waals surface area contributed by atoms with Crippen LogP contribution in [0.4, 0.5) is 0 Å². The monoisotopic (exact) mass is 551 g/mol. The molecular formula is C25H17N3O6S3. The van der Waals surface area contributed by atoms with E-state index < -0.39 is 29.7 Å². The number of thiophene rings is 1. The molecule has 3 aromatic rings. The van der Waals surface area contributed by atoms with E-state index >= 15 is 0 Å². The highest BCUT2D eigenvalue weighted by Gasteiger charge is 2.35. The second-order valence-corrected chi connectivity index (χ2v) is 10.8. The molecule has 0 saturated carbocycles. The summed E-state index contributed by atoms with van der Waals surface area (Å²) < 4.78 is 11.8. The maximum atomic E-state index is 13.4. The Morgan fingerprint density at radius 3 is 2.78 bits per heavy atom. The molecule has 4 heterocycles. The maximum absolute atomic E-state index is 13.4. The Morgan fingerprint density at radius 1 is 1.27 bits per heavy atom. The number of pyridine rings is 1. The lowest BCUT2D eigenvalue weighted by Crippen LogP contribution is -2.35. The highest BCUT2D eigenvalue weighted by atomic mass is 32.2. The van der Waals surface area contributed by atoms with Gasteiger partial charge in [0.1, 0.15) is 16.0 Å². The fraction of sp³-hybridized carbons (Fsp3) is 0.160.